The third-order valence-electron chi connectivity index (χ3n) is 4.87. The number of nitrogens with one attached hydrogen (secondary N) is 1. The number of carbonyl (C=O) groups is 1. The number of rotatable bonds is 20. The summed E-state index contributed by atoms with van der Waals surface area (Å²) in [6.45, 7) is 8.32. The Morgan fingerprint density at radius 3 is 1.81 bits per heavy atom. The molecule has 156 valence electrons. The van der Waals surface area contributed by atoms with Gasteiger partial charge in [0.05, 0.1) is 0 Å². The van der Waals surface area contributed by atoms with Gasteiger partial charge in [0.1, 0.15) is 0 Å². The highest BCUT2D eigenvalue weighted by Gasteiger charge is 2.44. The maximum Gasteiger partial charge on any atom is 0.410 e. The van der Waals surface area contributed by atoms with Gasteiger partial charge in [0.15, 0.2) is 5.41 Å². The number of hydrogen-bond donors (Lipinski definition) is 1. The van der Waals surface area contributed by atoms with Crippen molar-refractivity contribution in [3.05, 3.63) is 0 Å². The Kier molecular flexibility index (Phi) is 18.0. The highest BCUT2D eigenvalue weighted by atomic mass is 28.4. The summed E-state index contributed by atoms with van der Waals surface area (Å²) in [6.07, 6.45) is 14.1. The zero-order valence-corrected chi connectivity index (χ0v) is 19.0. The van der Waals surface area contributed by atoms with Crippen molar-refractivity contribution >= 4 is 14.0 Å². The van der Waals surface area contributed by atoms with E-state index in [4.69, 9.17) is 8.85 Å². The summed E-state index contributed by atoms with van der Waals surface area (Å²) < 4.78 is 12.0. The number of hydrogen-bond acceptors (Lipinski definition) is 4. The first-order valence-corrected chi connectivity index (χ1v) is 13.1. The van der Waals surface area contributed by atoms with E-state index in [1.54, 1.807) is 0 Å². The average Bonchev–Trinajstić information content (AvgIpc) is 2.64. The van der Waals surface area contributed by atoms with E-state index >= 15 is 0 Å². The van der Waals surface area contributed by atoms with Crippen LogP contribution in [-0.2, 0) is 13.6 Å². The first kappa shape index (κ1) is 25.8. The molecule has 0 aliphatic rings. The Balaban J connectivity index is 4.19. The van der Waals surface area contributed by atoms with Gasteiger partial charge in [-0.2, -0.15) is 0 Å². The predicted molar refractivity (Wildman–Crippen MR) is 114 cm³/mol. The molecule has 0 amide bonds. The molecular formula is C21H45NO3Si. The van der Waals surface area contributed by atoms with Crippen LogP contribution in [0.3, 0.4) is 0 Å². The summed E-state index contributed by atoms with van der Waals surface area (Å²) >= 11 is 0. The second-order valence-electron chi connectivity index (χ2n) is 7.18. The van der Waals surface area contributed by atoms with Crippen LogP contribution in [0.15, 0.2) is 0 Å². The molecule has 5 heteroatoms. The van der Waals surface area contributed by atoms with Gasteiger partial charge in [0.2, 0.25) is 0 Å². The standard InChI is InChI=1S/C21H45NO3Si/c1-5-8-9-10-11-12-13-14-15-18-21(23)26(24-6-2,25-7-3)20-17-16-19-22-4/h22H,5-20H2,1-4H3. The first-order chi connectivity index (χ1) is 12.7. The SMILES string of the molecule is CCCCCCCCCCCC(=O)[Si](CCCCNC)(OCC)OCC. The quantitative estimate of drug-likeness (QED) is 0.220. The molecule has 26 heavy (non-hydrogen) atoms. The van der Waals surface area contributed by atoms with Gasteiger partial charge in [0.25, 0.3) is 0 Å². The summed E-state index contributed by atoms with van der Waals surface area (Å²) in [5.74, 6) is 0. The van der Waals surface area contributed by atoms with E-state index in [-0.39, 0.29) is 5.41 Å². The van der Waals surface area contributed by atoms with E-state index in [9.17, 15) is 4.79 Å². The molecule has 0 saturated carbocycles. The van der Waals surface area contributed by atoms with Crippen molar-refractivity contribution in [2.45, 2.75) is 104 Å². The van der Waals surface area contributed by atoms with Crippen LogP contribution >= 0.6 is 0 Å². The van der Waals surface area contributed by atoms with Crippen molar-refractivity contribution < 1.29 is 13.6 Å². The molecule has 0 radical (unpaired) electrons. The zero-order chi connectivity index (χ0) is 19.5. The van der Waals surface area contributed by atoms with Gasteiger partial charge in [-0.25, -0.2) is 0 Å². The molecule has 0 aliphatic heterocycles. The predicted octanol–water partition coefficient (Wildman–Crippen LogP) is 5.53. The fraction of sp³-hybridized carbons (Fsp3) is 0.952. The maximum atomic E-state index is 12.9. The van der Waals surface area contributed by atoms with Crippen LogP contribution in [0.2, 0.25) is 6.04 Å². The number of carbonyl (C=O) groups excluding carboxylic acids is 1. The molecule has 1 N–H and O–H groups in total. The molecule has 0 heterocycles. The topological polar surface area (TPSA) is 47.6 Å². The van der Waals surface area contributed by atoms with Crippen LogP contribution in [0.1, 0.15) is 97.8 Å². The molecule has 0 aromatic heterocycles. The number of unbranched alkanes of at least 4 members (excludes halogenated alkanes) is 9. The minimum absolute atomic E-state index is 0.272. The van der Waals surface area contributed by atoms with E-state index in [1.165, 1.54) is 44.9 Å². The summed E-state index contributed by atoms with van der Waals surface area (Å²) in [4.78, 5) is 12.9. The van der Waals surface area contributed by atoms with Crippen LogP contribution < -0.4 is 5.32 Å². The minimum Gasteiger partial charge on any atom is -0.390 e. The van der Waals surface area contributed by atoms with Crippen LogP contribution in [0, 0.1) is 0 Å². The molecular weight excluding hydrogens is 342 g/mol. The third kappa shape index (κ3) is 12.2. The van der Waals surface area contributed by atoms with Crippen molar-refractivity contribution in [2.75, 3.05) is 26.8 Å². The molecule has 0 unspecified atom stereocenters. The lowest BCUT2D eigenvalue weighted by atomic mass is 10.1. The largest absolute Gasteiger partial charge is 0.410 e. The molecule has 0 atom stereocenters. The van der Waals surface area contributed by atoms with Crippen molar-refractivity contribution in [3.63, 3.8) is 0 Å². The zero-order valence-electron chi connectivity index (χ0n) is 18.0. The van der Waals surface area contributed by atoms with Gasteiger partial charge in [-0.05, 0) is 52.7 Å². The Labute approximate surface area is 164 Å². The summed E-state index contributed by atoms with van der Waals surface area (Å²) in [7, 11) is -0.743. The average molecular weight is 388 g/mol. The van der Waals surface area contributed by atoms with Crippen molar-refractivity contribution in [3.8, 4) is 0 Å². The van der Waals surface area contributed by atoms with E-state index in [0.717, 1.165) is 38.3 Å². The van der Waals surface area contributed by atoms with Crippen LogP contribution in [0.25, 0.3) is 0 Å². The Morgan fingerprint density at radius 1 is 0.769 bits per heavy atom. The van der Waals surface area contributed by atoms with Crippen molar-refractivity contribution in [1.29, 1.82) is 0 Å². The van der Waals surface area contributed by atoms with Crippen LogP contribution in [0.5, 0.6) is 0 Å². The molecule has 0 rings (SSSR count). The Hall–Kier alpha value is -0.233. The second-order valence-corrected chi connectivity index (χ2v) is 10.3. The van der Waals surface area contributed by atoms with Gasteiger partial charge < -0.3 is 14.2 Å². The van der Waals surface area contributed by atoms with Crippen LogP contribution in [-0.4, -0.2) is 40.8 Å². The molecule has 0 spiro atoms. The van der Waals surface area contributed by atoms with Gasteiger partial charge in [-0.3, -0.25) is 4.79 Å². The van der Waals surface area contributed by atoms with Gasteiger partial charge in [0, 0.05) is 19.6 Å². The molecule has 0 aliphatic carbocycles. The Bertz CT molecular complexity index is 320. The van der Waals surface area contributed by atoms with Gasteiger partial charge >= 0.3 is 8.56 Å². The monoisotopic (exact) mass is 387 g/mol. The molecule has 0 aromatic carbocycles. The van der Waals surface area contributed by atoms with Gasteiger partial charge in [-0.15, -0.1) is 0 Å². The smallest absolute Gasteiger partial charge is 0.390 e. The van der Waals surface area contributed by atoms with Gasteiger partial charge in [-0.1, -0.05) is 58.3 Å². The fourth-order valence-electron chi connectivity index (χ4n) is 3.40. The maximum absolute atomic E-state index is 12.9. The Morgan fingerprint density at radius 2 is 1.31 bits per heavy atom. The normalized spacial score (nSPS) is 11.8. The lowest BCUT2D eigenvalue weighted by Gasteiger charge is -2.28. The fourth-order valence-corrected chi connectivity index (χ4v) is 6.58. The first-order valence-electron chi connectivity index (χ1n) is 11.1. The molecule has 0 bridgehead atoms. The second kappa shape index (κ2) is 18.1. The summed E-state index contributed by atoms with van der Waals surface area (Å²) in [5, 5.41) is 3.44. The third-order valence-corrected chi connectivity index (χ3v) is 8.49. The molecule has 0 saturated heterocycles. The molecule has 4 nitrogen and oxygen atoms in total. The highest BCUT2D eigenvalue weighted by molar-refractivity contribution is 6.97. The summed E-state index contributed by atoms with van der Waals surface area (Å²) in [5.41, 5.74) is 0. The molecule has 0 aromatic rings. The van der Waals surface area contributed by atoms with Crippen molar-refractivity contribution in [2.24, 2.45) is 0 Å². The lowest BCUT2D eigenvalue weighted by Crippen LogP contribution is -2.51. The van der Waals surface area contributed by atoms with Crippen molar-refractivity contribution in [1.82, 2.24) is 5.32 Å². The van der Waals surface area contributed by atoms with Crippen LogP contribution in [0.4, 0.5) is 0 Å². The highest BCUT2D eigenvalue weighted by Crippen LogP contribution is 2.22. The van der Waals surface area contributed by atoms with E-state index < -0.39 is 8.56 Å². The minimum atomic E-state index is -2.71. The van der Waals surface area contributed by atoms with E-state index in [2.05, 4.69) is 12.2 Å². The van der Waals surface area contributed by atoms with E-state index in [0.29, 0.717) is 19.6 Å². The summed E-state index contributed by atoms with van der Waals surface area (Å²) in [6, 6.07) is 0.798. The molecule has 0 fully saturated rings. The lowest BCUT2D eigenvalue weighted by molar-refractivity contribution is -0.116. The van der Waals surface area contributed by atoms with E-state index in [1.807, 2.05) is 20.9 Å².